The molecule has 0 unspecified atom stereocenters. The van der Waals surface area contributed by atoms with Crippen LogP contribution < -0.4 is 11.1 Å². The Morgan fingerprint density at radius 3 is 2.90 bits per heavy atom. The van der Waals surface area contributed by atoms with Gasteiger partial charge in [-0.25, -0.2) is 4.39 Å². The molecule has 114 valence electrons. The molecule has 1 amide bonds. The highest BCUT2D eigenvalue weighted by Crippen LogP contribution is 2.09. The Morgan fingerprint density at radius 2 is 2.24 bits per heavy atom. The van der Waals surface area contributed by atoms with Gasteiger partial charge in [-0.15, -0.1) is 0 Å². The van der Waals surface area contributed by atoms with Crippen molar-refractivity contribution in [1.82, 2.24) is 5.32 Å². The van der Waals surface area contributed by atoms with Gasteiger partial charge in [0.1, 0.15) is 5.82 Å². The van der Waals surface area contributed by atoms with E-state index in [4.69, 9.17) is 10.5 Å². The average molecular weight is 292 g/mol. The van der Waals surface area contributed by atoms with Crippen LogP contribution >= 0.6 is 0 Å². The first-order chi connectivity index (χ1) is 10.2. The summed E-state index contributed by atoms with van der Waals surface area (Å²) in [5, 5.41) is 2.68. The topological polar surface area (TPSA) is 64.3 Å². The number of amides is 1. The summed E-state index contributed by atoms with van der Waals surface area (Å²) in [5.41, 5.74) is 5.73. The van der Waals surface area contributed by atoms with Gasteiger partial charge >= 0.3 is 0 Å². The minimum Gasteiger partial charge on any atom is -0.380 e. The lowest BCUT2D eigenvalue weighted by Crippen LogP contribution is -2.27. The van der Waals surface area contributed by atoms with E-state index in [-0.39, 0.29) is 23.6 Å². The van der Waals surface area contributed by atoms with Gasteiger partial charge in [-0.2, -0.15) is 0 Å². The van der Waals surface area contributed by atoms with Crippen molar-refractivity contribution in [1.29, 1.82) is 0 Å². The maximum atomic E-state index is 13.7. The first-order valence-electron chi connectivity index (χ1n) is 7.03. The molecule has 0 atom stereocenters. The van der Waals surface area contributed by atoms with Crippen molar-refractivity contribution < 1.29 is 13.9 Å². The number of hydrogen-bond acceptors (Lipinski definition) is 3. The molecule has 1 aromatic carbocycles. The van der Waals surface area contributed by atoms with Crippen LogP contribution in [0.15, 0.2) is 18.2 Å². The van der Waals surface area contributed by atoms with Crippen LogP contribution in [-0.4, -0.2) is 32.2 Å². The van der Waals surface area contributed by atoms with Crippen LogP contribution in [0.25, 0.3) is 0 Å². The van der Waals surface area contributed by atoms with Gasteiger partial charge < -0.3 is 15.8 Å². The smallest absolute Gasteiger partial charge is 0.251 e. The molecule has 0 radical (unpaired) electrons. The predicted molar refractivity (Wildman–Crippen MR) is 80.4 cm³/mol. The Hall–Kier alpha value is -1.90. The zero-order valence-electron chi connectivity index (χ0n) is 12.2. The average Bonchev–Trinajstić information content (AvgIpc) is 2.49. The van der Waals surface area contributed by atoms with Crippen LogP contribution in [0.2, 0.25) is 0 Å². The molecule has 0 saturated heterocycles. The second kappa shape index (κ2) is 9.92. The van der Waals surface area contributed by atoms with Crippen LogP contribution in [0.5, 0.6) is 0 Å². The van der Waals surface area contributed by atoms with E-state index in [1.165, 1.54) is 18.2 Å². The zero-order chi connectivity index (χ0) is 15.5. The van der Waals surface area contributed by atoms with Crippen LogP contribution in [0.3, 0.4) is 0 Å². The number of carbonyl (C=O) groups excluding carboxylic acids is 1. The largest absolute Gasteiger partial charge is 0.380 e. The Labute approximate surface area is 124 Å². The molecule has 0 saturated carbocycles. The Bertz CT molecular complexity index is 521. The molecule has 0 aliphatic heterocycles. The van der Waals surface area contributed by atoms with Crippen molar-refractivity contribution in [2.75, 3.05) is 26.3 Å². The second-order valence-corrected chi connectivity index (χ2v) is 4.42. The van der Waals surface area contributed by atoms with Crippen molar-refractivity contribution in [2.24, 2.45) is 5.73 Å². The Balaban J connectivity index is 2.46. The molecule has 3 N–H and O–H groups in total. The number of carbonyl (C=O) groups is 1. The summed E-state index contributed by atoms with van der Waals surface area (Å²) in [6.45, 7) is 3.80. The van der Waals surface area contributed by atoms with Crippen molar-refractivity contribution in [2.45, 2.75) is 19.8 Å². The monoisotopic (exact) mass is 292 g/mol. The first kappa shape index (κ1) is 17.2. The van der Waals surface area contributed by atoms with Gasteiger partial charge in [0.25, 0.3) is 5.91 Å². The number of nitrogens with one attached hydrogen (secondary N) is 1. The van der Waals surface area contributed by atoms with Crippen molar-refractivity contribution in [3.05, 3.63) is 35.1 Å². The van der Waals surface area contributed by atoms with Crippen LogP contribution in [0, 0.1) is 17.7 Å². The van der Waals surface area contributed by atoms with Crippen molar-refractivity contribution in [3.8, 4) is 11.8 Å². The van der Waals surface area contributed by atoms with Gasteiger partial charge in [-0.1, -0.05) is 25.2 Å². The second-order valence-electron chi connectivity index (χ2n) is 4.42. The van der Waals surface area contributed by atoms with Gasteiger partial charge in [0, 0.05) is 18.7 Å². The molecule has 1 rings (SSSR count). The molecular formula is C16H21FN2O2. The molecule has 0 heterocycles. The standard InChI is InChI=1S/C16H21FN2O2/c1-2-3-10-21-11-9-19-16(20)14-7-6-13(5-4-8-18)15(17)12-14/h6-7,12H,2-3,8-11,18H2,1H3,(H,19,20). The number of rotatable bonds is 7. The van der Waals surface area contributed by atoms with E-state index >= 15 is 0 Å². The maximum Gasteiger partial charge on any atom is 0.251 e. The molecule has 0 fully saturated rings. The number of benzene rings is 1. The Kier molecular flexibility index (Phi) is 8.10. The molecule has 0 aliphatic carbocycles. The number of halogens is 1. The fraction of sp³-hybridized carbons (Fsp3) is 0.438. The minimum atomic E-state index is -0.525. The lowest BCUT2D eigenvalue weighted by Gasteiger charge is -2.06. The molecule has 0 aromatic heterocycles. The van der Waals surface area contributed by atoms with Crippen LogP contribution in [0.1, 0.15) is 35.7 Å². The summed E-state index contributed by atoms with van der Waals surface area (Å²) in [6.07, 6.45) is 2.08. The van der Waals surface area contributed by atoms with E-state index in [2.05, 4.69) is 24.1 Å². The fourth-order valence-electron chi connectivity index (χ4n) is 1.59. The third-order valence-corrected chi connectivity index (χ3v) is 2.73. The molecule has 0 aliphatic rings. The zero-order valence-corrected chi connectivity index (χ0v) is 12.2. The van der Waals surface area contributed by atoms with Gasteiger partial charge in [0.05, 0.1) is 18.7 Å². The lowest BCUT2D eigenvalue weighted by molar-refractivity contribution is 0.0912. The van der Waals surface area contributed by atoms with Crippen molar-refractivity contribution in [3.63, 3.8) is 0 Å². The molecule has 0 bridgehead atoms. The summed E-state index contributed by atoms with van der Waals surface area (Å²) in [6, 6.07) is 4.19. The van der Waals surface area contributed by atoms with E-state index in [1.54, 1.807) is 0 Å². The van der Waals surface area contributed by atoms with E-state index in [9.17, 15) is 9.18 Å². The number of nitrogens with two attached hydrogens (primary N) is 1. The third kappa shape index (κ3) is 6.39. The quantitative estimate of drug-likeness (QED) is 0.593. The van der Waals surface area contributed by atoms with Crippen LogP contribution in [0.4, 0.5) is 4.39 Å². The Morgan fingerprint density at radius 1 is 1.43 bits per heavy atom. The number of unbranched alkanes of at least 4 members (excludes halogenated alkanes) is 1. The summed E-state index contributed by atoms with van der Waals surface area (Å²) >= 11 is 0. The number of ether oxygens (including phenoxy) is 1. The third-order valence-electron chi connectivity index (χ3n) is 2.73. The van der Waals surface area contributed by atoms with Crippen molar-refractivity contribution >= 4 is 5.91 Å². The molecule has 21 heavy (non-hydrogen) atoms. The van der Waals surface area contributed by atoms with Gasteiger partial charge in [0.2, 0.25) is 0 Å². The number of hydrogen-bond donors (Lipinski definition) is 2. The van der Waals surface area contributed by atoms with E-state index in [0.29, 0.717) is 19.8 Å². The summed E-state index contributed by atoms with van der Waals surface area (Å²) < 4.78 is 19.0. The minimum absolute atomic E-state index is 0.166. The summed E-state index contributed by atoms with van der Waals surface area (Å²) in [7, 11) is 0. The molecule has 0 spiro atoms. The normalized spacial score (nSPS) is 9.86. The van der Waals surface area contributed by atoms with Gasteiger partial charge in [-0.3, -0.25) is 4.79 Å². The van der Waals surface area contributed by atoms with E-state index in [1.807, 2.05) is 0 Å². The van der Waals surface area contributed by atoms with E-state index in [0.717, 1.165) is 12.8 Å². The highest BCUT2D eigenvalue weighted by molar-refractivity contribution is 5.94. The van der Waals surface area contributed by atoms with Gasteiger partial charge in [-0.05, 0) is 24.6 Å². The fourth-order valence-corrected chi connectivity index (χ4v) is 1.59. The summed E-state index contributed by atoms with van der Waals surface area (Å²) in [5.74, 6) is 4.33. The van der Waals surface area contributed by atoms with Gasteiger partial charge in [0.15, 0.2) is 0 Å². The molecule has 1 aromatic rings. The highest BCUT2D eigenvalue weighted by Gasteiger charge is 2.08. The maximum absolute atomic E-state index is 13.7. The van der Waals surface area contributed by atoms with E-state index < -0.39 is 5.82 Å². The predicted octanol–water partition coefficient (Wildman–Crippen LogP) is 1.68. The molecular weight excluding hydrogens is 271 g/mol. The molecule has 5 heteroatoms. The summed E-state index contributed by atoms with van der Waals surface area (Å²) in [4.78, 5) is 11.8. The highest BCUT2D eigenvalue weighted by atomic mass is 19.1. The lowest BCUT2D eigenvalue weighted by atomic mass is 10.1. The first-order valence-corrected chi connectivity index (χ1v) is 7.03. The van der Waals surface area contributed by atoms with Crippen LogP contribution in [-0.2, 0) is 4.74 Å². The SMILES string of the molecule is CCCCOCCNC(=O)c1ccc(C#CCN)c(F)c1. The molecule has 4 nitrogen and oxygen atoms in total.